The average molecular weight is 399 g/mol. The van der Waals surface area contributed by atoms with Gasteiger partial charge in [0.2, 0.25) is 9.84 Å². The molecule has 25 heavy (non-hydrogen) atoms. The number of sulfone groups is 2. The first kappa shape index (κ1) is 19.0. The first-order chi connectivity index (χ1) is 11.6. The molecule has 0 spiro atoms. The van der Waals surface area contributed by atoms with Crippen LogP contribution in [-0.2, 0) is 19.7 Å². The Balaban J connectivity index is 2.77. The Morgan fingerprint density at radius 2 is 1.72 bits per heavy atom. The van der Waals surface area contributed by atoms with Crippen molar-refractivity contribution in [2.75, 3.05) is 6.26 Å². The monoisotopic (exact) mass is 399 g/mol. The molecule has 0 bridgehead atoms. The van der Waals surface area contributed by atoms with Crippen LogP contribution < -0.4 is 0 Å². The Bertz CT molecular complexity index is 1030. The molecule has 0 fully saturated rings. The van der Waals surface area contributed by atoms with Crippen LogP contribution >= 0.6 is 11.3 Å². The summed E-state index contributed by atoms with van der Waals surface area (Å²) in [5.41, 5.74) is -0.809. The van der Waals surface area contributed by atoms with Crippen LogP contribution in [0.2, 0.25) is 0 Å². The predicted octanol–water partition coefficient (Wildman–Crippen LogP) is 2.73. The van der Waals surface area contributed by atoms with Crippen LogP contribution in [0.4, 0.5) is 0 Å². The molecule has 0 atom stereocenters. The summed E-state index contributed by atoms with van der Waals surface area (Å²) in [4.78, 5) is 9.88. The number of nitro groups is 1. The maximum atomic E-state index is 12.8. The van der Waals surface area contributed by atoms with E-state index >= 15 is 0 Å². The molecular weight excluding hydrogens is 386 g/mol. The fraction of sp³-hybridized carbons (Fsp3) is 0.0667. The zero-order valence-electron chi connectivity index (χ0n) is 12.9. The van der Waals surface area contributed by atoms with Crippen molar-refractivity contribution < 1.29 is 21.8 Å². The predicted molar refractivity (Wildman–Crippen MR) is 95.8 cm³/mol. The maximum absolute atomic E-state index is 12.8. The summed E-state index contributed by atoms with van der Waals surface area (Å²) in [6, 6.07) is 10.2. The first-order valence-electron chi connectivity index (χ1n) is 6.73. The van der Waals surface area contributed by atoms with Crippen molar-refractivity contribution in [1.29, 1.82) is 0 Å². The molecule has 1 aromatic carbocycles. The van der Waals surface area contributed by atoms with Crippen molar-refractivity contribution in [3.63, 3.8) is 0 Å². The van der Waals surface area contributed by atoms with E-state index in [0.717, 1.165) is 23.7 Å². The van der Waals surface area contributed by atoms with Crippen molar-refractivity contribution in [2.45, 2.75) is 4.90 Å². The molecule has 0 aliphatic rings. The van der Waals surface area contributed by atoms with Crippen molar-refractivity contribution in [2.24, 2.45) is 0 Å². The van der Waals surface area contributed by atoms with E-state index in [1.165, 1.54) is 24.3 Å². The second kappa shape index (κ2) is 7.30. The highest BCUT2D eigenvalue weighted by Crippen LogP contribution is 2.28. The van der Waals surface area contributed by atoms with Gasteiger partial charge in [0.15, 0.2) is 14.7 Å². The highest BCUT2D eigenvalue weighted by Gasteiger charge is 2.33. The average Bonchev–Trinajstić information content (AvgIpc) is 3.03. The number of hydrogen-bond donors (Lipinski definition) is 0. The lowest BCUT2D eigenvalue weighted by Crippen LogP contribution is -2.14. The quantitative estimate of drug-likeness (QED) is 0.419. The van der Waals surface area contributed by atoms with Gasteiger partial charge in [0, 0.05) is 17.2 Å². The highest BCUT2D eigenvalue weighted by atomic mass is 32.2. The van der Waals surface area contributed by atoms with Gasteiger partial charge in [-0.15, -0.1) is 11.3 Å². The van der Waals surface area contributed by atoms with E-state index < -0.39 is 35.2 Å². The van der Waals surface area contributed by atoms with Crippen molar-refractivity contribution in [3.05, 3.63) is 78.8 Å². The smallest absolute Gasteiger partial charge is 0.258 e. The fourth-order valence-electron chi connectivity index (χ4n) is 1.90. The van der Waals surface area contributed by atoms with Gasteiger partial charge in [0.25, 0.3) is 5.70 Å². The number of thiophene rings is 1. The molecule has 0 radical (unpaired) electrons. The minimum absolute atomic E-state index is 0.233. The van der Waals surface area contributed by atoms with Crippen LogP contribution in [0.25, 0.3) is 6.08 Å². The minimum atomic E-state index is -4.41. The van der Waals surface area contributed by atoms with Gasteiger partial charge < -0.3 is 0 Å². The first-order valence-corrected chi connectivity index (χ1v) is 11.0. The van der Waals surface area contributed by atoms with Crippen LogP contribution in [0.3, 0.4) is 0 Å². The highest BCUT2D eigenvalue weighted by molar-refractivity contribution is 7.98. The number of nitrogens with zero attached hydrogens (tertiary/aromatic N) is 1. The third kappa shape index (κ3) is 4.84. The molecule has 1 aromatic heterocycles. The van der Waals surface area contributed by atoms with E-state index in [2.05, 4.69) is 0 Å². The minimum Gasteiger partial charge on any atom is -0.258 e. The molecule has 0 unspecified atom stereocenters. The van der Waals surface area contributed by atoms with E-state index in [9.17, 15) is 26.9 Å². The summed E-state index contributed by atoms with van der Waals surface area (Å²) in [6.07, 6.45) is 1.82. The third-order valence-electron chi connectivity index (χ3n) is 2.94. The van der Waals surface area contributed by atoms with Crippen molar-refractivity contribution in [3.8, 4) is 0 Å². The molecule has 0 saturated heterocycles. The van der Waals surface area contributed by atoms with Gasteiger partial charge in [-0.05, 0) is 23.6 Å². The van der Waals surface area contributed by atoms with E-state index in [0.29, 0.717) is 10.3 Å². The molecule has 2 rings (SSSR count). The van der Waals surface area contributed by atoms with E-state index in [1.807, 2.05) is 0 Å². The number of rotatable bonds is 6. The molecule has 2 aromatic rings. The van der Waals surface area contributed by atoms with Gasteiger partial charge in [-0.3, -0.25) is 10.1 Å². The number of benzene rings is 1. The topological polar surface area (TPSA) is 111 Å². The summed E-state index contributed by atoms with van der Waals surface area (Å²) in [5, 5.41) is 13.5. The van der Waals surface area contributed by atoms with Gasteiger partial charge >= 0.3 is 0 Å². The van der Waals surface area contributed by atoms with E-state index in [4.69, 9.17) is 0 Å². The summed E-state index contributed by atoms with van der Waals surface area (Å²) >= 11 is 1.16. The lowest BCUT2D eigenvalue weighted by molar-refractivity contribution is -0.418. The van der Waals surface area contributed by atoms with Gasteiger partial charge in [0.1, 0.15) is 0 Å². The van der Waals surface area contributed by atoms with Crippen molar-refractivity contribution >= 4 is 37.1 Å². The molecule has 0 aliphatic carbocycles. The van der Waals surface area contributed by atoms with Crippen LogP contribution in [0.1, 0.15) is 4.88 Å². The molecule has 1 heterocycles. The second-order valence-electron chi connectivity index (χ2n) is 4.93. The SMILES string of the molecule is CS(=O)(=O)/C=C(\C(=C/c1cccs1)[N+](=O)[O-])S(=O)(=O)c1ccccc1. The Hall–Kier alpha value is -2.30. The molecule has 0 saturated carbocycles. The Kier molecular flexibility index (Phi) is 5.55. The Morgan fingerprint density at radius 3 is 2.20 bits per heavy atom. The third-order valence-corrected chi connectivity index (χ3v) is 6.37. The summed E-state index contributed by atoms with van der Waals surface area (Å²) < 4.78 is 48.9. The second-order valence-corrected chi connectivity index (χ2v) is 9.72. The van der Waals surface area contributed by atoms with Crippen LogP contribution in [0.5, 0.6) is 0 Å². The lowest BCUT2D eigenvalue weighted by atomic mass is 10.3. The maximum Gasteiger partial charge on any atom is 0.290 e. The summed E-state index contributed by atoms with van der Waals surface area (Å²) in [5.74, 6) is 0. The zero-order valence-corrected chi connectivity index (χ0v) is 15.3. The van der Waals surface area contributed by atoms with Crippen molar-refractivity contribution in [1.82, 2.24) is 0 Å². The molecule has 132 valence electrons. The van der Waals surface area contributed by atoms with Gasteiger partial charge in [-0.1, -0.05) is 24.3 Å². The van der Waals surface area contributed by atoms with Crippen LogP contribution in [-0.4, -0.2) is 28.0 Å². The Morgan fingerprint density at radius 1 is 1.08 bits per heavy atom. The molecule has 10 heteroatoms. The van der Waals surface area contributed by atoms with E-state index in [-0.39, 0.29) is 4.90 Å². The van der Waals surface area contributed by atoms with Crippen LogP contribution in [0.15, 0.2) is 68.8 Å². The normalized spacial score (nSPS) is 13.6. The molecule has 0 aliphatic heterocycles. The lowest BCUT2D eigenvalue weighted by Gasteiger charge is -2.07. The molecule has 0 N–H and O–H groups in total. The van der Waals surface area contributed by atoms with E-state index in [1.54, 1.807) is 23.6 Å². The molecular formula is C15H13NO6S3. The fourth-order valence-corrected chi connectivity index (χ4v) is 5.27. The zero-order chi connectivity index (χ0) is 18.7. The van der Waals surface area contributed by atoms with Crippen LogP contribution in [0, 0.1) is 10.1 Å². The largest absolute Gasteiger partial charge is 0.290 e. The van der Waals surface area contributed by atoms with Gasteiger partial charge in [-0.2, -0.15) is 0 Å². The van der Waals surface area contributed by atoms with Gasteiger partial charge in [0.05, 0.1) is 15.2 Å². The standard InChI is InChI=1S/C15H13NO6S3/c1-24(19,20)11-15(25(21,22)13-7-3-2-4-8-13)14(16(17)18)10-12-6-5-9-23-12/h2-11H,1H3/b14-10+,15-11+. The Labute approximate surface area is 148 Å². The summed E-state index contributed by atoms with van der Waals surface area (Å²) in [6.45, 7) is 0. The molecule has 7 nitrogen and oxygen atoms in total. The van der Waals surface area contributed by atoms with Gasteiger partial charge in [-0.25, -0.2) is 16.8 Å². The summed E-state index contributed by atoms with van der Waals surface area (Å²) in [7, 11) is -8.36. The molecule has 0 amide bonds. The number of hydrogen-bond acceptors (Lipinski definition) is 7.